The first kappa shape index (κ1) is 24.7. The Hall–Kier alpha value is -3.37. The maximum atomic E-state index is 14.2. The van der Waals surface area contributed by atoms with E-state index in [1.54, 1.807) is 13.0 Å². The molecule has 35 heavy (non-hydrogen) atoms. The Balaban J connectivity index is 1.69. The number of primary amides is 1. The zero-order valence-corrected chi connectivity index (χ0v) is 20.0. The maximum Gasteiger partial charge on any atom is 0.334 e. The van der Waals surface area contributed by atoms with Gasteiger partial charge in [-0.2, -0.15) is 0 Å². The molecular weight excluding hydrogens is 448 g/mol. The van der Waals surface area contributed by atoms with Gasteiger partial charge in [0.2, 0.25) is 11.3 Å². The van der Waals surface area contributed by atoms with Gasteiger partial charge in [0.05, 0.1) is 12.6 Å². The minimum absolute atomic E-state index is 0.00336. The third-order valence-corrected chi connectivity index (χ3v) is 6.68. The summed E-state index contributed by atoms with van der Waals surface area (Å²) in [7, 11) is 0. The van der Waals surface area contributed by atoms with Crippen molar-refractivity contribution in [1.82, 2.24) is 20.2 Å². The highest BCUT2D eigenvalue weighted by Gasteiger charge is 2.57. The molecule has 10 heteroatoms. The first-order valence-corrected chi connectivity index (χ1v) is 12.1. The molecule has 2 aromatic heterocycles. The smallest absolute Gasteiger partial charge is 0.334 e. The molecule has 0 radical (unpaired) electrons. The van der Waals surface area contributed by atoms with E-state index in [2.05, 4.69) is 21.7 Å². The van der Waals surface area contributed by atoms with Crippen molar-refractivity contribution in [3.63, 3.8) is 0 Å². The normalized spacial score (nSPS) is 18.1. The summed E-state index contributed by atoms with van der Waals surface area (Å²) < 4.78 is 5.24. The Morgan fingerprint density at radius 1 is 1.26 bits per heavy atom. The summed E-state index contributed by atoms with van der Waals surface area (Å²) in [6.07, 6.45) is 5.75. The number of carbonyl (C=O) groups is 3. The van der Waals surface area contributed by atoms with Gasteiger partial charge in [-0.15, -0.1) is 0 Å². The van der Waals surface area contributed by atoms with Crippen molar-refractivity contribution in [1.29, 1.82) is 0 Å². The Morgan fingerprint density at radius 3 is 2.80 bits per heavy atom. The summed E-state index contributed by atoms with van der Waals surface area (Å²) in [6, 6.07) is 6.37. The van der Waals surface area contributed by atoms with Crippen molar-refractivity contribution in [2.75, 3.05) is 38.2 Å². The van der Waals surface area contributed by atoms with Crippen molar-refractivity contribution in [3.05, 3.63) is 53.5 Å². The second kappa shape index (κ2) is 10.9. The van der Waals surface area contributed by atoms with Gasteiger partial charge in [0, 0.05) is 50.0 Å². The van der Waals surface area contributed by atoms with Gasteiger partial charge >= 0.3 is 5.97 Å². The molecule has 2 aliphatic heterocycles. The van der Waals surface area contributed by atoms with Gasteiger partial charge in [0.15, 0.2) is 5.78 Å². The fraction of sp³-hybridized carbons (Fsp3) is 0.480. The van der Waals surface area contributed by atoms with Crippen molar-refractivity contribution in [3.8, 4) is 0 Å². The summed E-state index contributed by atoms with van der Waals surface area (Å²) in [6.45, 7) is 4.26. The molecule has 0 bridgehead atoms. The van der Waals surface area contributed by atoms with Crippen molar-refractivity contribution in [2.24, 2.45) is 5.73 Å². The fourth-order valence-corrected chi connectivity index (χ4v) is 4.86. The van der Waals surface area contributed by atoms with Crippen LogP contribution in [0.2, 0.25) is 0 Å². The van der Waals surface area contributed by atoms with Crippen LogP contribution < -0.4 is 16.4 Å². The molecule has 1 saturated heterocycles. The number of carbonyl (C=O) groups excluding carboxylic acids is 3. The molecule has 2 aromatic rings. The lowest BCUT2D eigenvalue weighted by atomic mass is 9.73. The Kier molecular flexibility index (Phi) is 7.72. The van der Waals surface area contributed by atoms with E-state index in [0.717, 1.165) is 30.9 Å². The number of aromatic nitrogens is 2. The molecule has 0 spiro atoms. The van der Waals surface area contributed by atoms with Crippen molar-refractivity contribution < 1.29 is 19.1 Å². The largest absolute Gasteiger partial charge is 0.465 e. The monoisotopic (exact) mass is 480 g/mol. The topological polar surface area (TPSA) is 140 Å². The van der Waals surface area contributed by atoms with Crippen LogP contribution in [0.3, 0.4) is 0 Å². The number of amides is 1. The molecule has 186 valence electrons. The Bertz CT molecular complexity index is 1070. The zero-order valence-electron chi connectivity index (χ0n) is 20.0. The SMILES string of the molecule is CCOC(=O)[C@](C(N)=O)(C(=O)C(CCc1ccc2c(n1)NCCC2)N1CCNC1)c1cccnc1. The van der Waals surface area contributed by atoms with E-state index in [1.165, 1.54) is 24.0 Å². The van der Waals surface area contributed by atoms with Crippen LogP contribution in [0, 0.1) is 0 Å². The lowest BCUT2D eigenvalue weighted by Crippen LogP contribution is -2.60. The van der Waals surface area contributed by atoms with Crippen molar-refractivity contribution in [2.45, 2.75) is 44.1 Å². The van der Waals surface area contributed by atoms with Gasteiger partial charge in [-0.3, -0.25) is 24.3 Å². The van der Waals surface area contributed by atoms with Gasteiger partial charge < -0.3 is 21.1 Å². The third-order valence-electron chi connectivity index (χ3n) is 6.68. The van der Waals surface area contributed by atoms with E-state index in [0.29, 0.717) is 32.6 Å². The second-order valence-electron chi connectivity index (χ2n) is 8.81. The number of fused-ring (bicyclic) bond motifs is 1. The molecule has 1 amide bonds. The van der Waals surface area contributed by atoms with Crippen LogP contribution in [0.4, 0.5) is 5.82 Å². The van der Waals surface area contributed by atoms with E-state index < -0.39 is 29.1 Å². The summed E-state index contributed by atoms with van der Waals surface area (Å²) in [5.74, 6) is -1.76. The number of hydrogen-bond acceptors (Lipinski definition) is 9. The number of nitrogens with one attached hydrogen (secondary N) is 2. The molecular formula is C25H32N6O4. The number of rotatable bonds is 10. The predicted octanol–water partition coefficient (Wildman–Crippen LogP) is 0.554. The zero-order chi connectivity index (χ0) is 24.8. The summed E-state index contributed by atoms with van der Waals surface area (Å²) in [5, 5.41) is 6.56. The van der Waals surface area contributed by atoms with E-state index in [4.69, 9.17) is 15.5 Å². The number of ketones is 1. The van der Waals surface area contributed by atoms with Gasteiger partial charge in [-0.25, -0.2) is 4.98 Å². The van der Waals surface area contributed by atoms with Crippen LogP contribution in [-0.2, 0) is 37.4 Å². The second-order valence-corrected chi connectivity index (χ2v) is 8.81. The molecule has 2 atom stereocenters. The number of aryl methyl sites for hydroxylation is 2. The summed E-state index contributed by atoms with van der Waals surface area (Å²) in [4.78, 5) is 51.2. The molecule has 4 N–H and O–H groups in total. The van der Waals surface area contributed by atoms with Crippen LogP contribution >= 0.6 is 0 Å². The predicted molar refractivity (Wildman–Crippen MR) is 129 cm³/mol. The van der Waals surface area contributed by atoms with E-state index >= 15 is 0 Å². The molecule has 10 nitrogen and oxygen atoms in total. The summed E-state index contributed by atoms with van der Waals surface area (Å²) >= 11 is 0. The van der Waals surface area contributed by atoms with Gasteiger partial charge in [-0.05, 0) is 50.3 Å². The quantitative estimate of drug-likeness (QED) is 0.329. The maximum absolute atomic E-state index is 14.2. The van der Waals surface area contributed by atoms with E-state index in [1.807, 2.05) is 11.0 Å². The molecule has 0 aliphatic carbocycles. The molecule has 4 rings (SSSR count). The van der Waals surface area contributed by atoms with Crippen LogP contribution in [0.15, 0.2) is 36.7 Å². The lowest BCUT2D eigenvalue weighted by molar-refractivity contribution is -0.159. The summed E-state index contributed by atoms with van der Waals surface area (Å²) in [5.41, 5.74) is 5.66. The highest BCUT2D eigenvalue weighted by atomic mass is 16.5. The van der Waals surface area contributed by atoms with E-state index in [-0.39, 0.29) is 12.2 Å². The molecule has 4 heterocycles. The fourth-order valence-electron chi connectivity index (χ4n) is 4.86. The number of pyridine rings is 2. The minimum Gasteiger partial charge on any atom is -0.465 e. The lowest BCUT2D eigenvalue weighted by Gasteiger charge is -2.34. The molecule has 1 unspecified atom stereocenters. The average Bonchev–Trinajstić information content (AvgIpc) is 3.40. The number of anilines is 1. The third kappa shape index (κ3) is 4.89. The van der Waals surface area contributed by atoms with Crippen LogP contribution in [0.1, 0.15) is 36.6 Å². The number of ether oxygens (including phenoxy) is 1. The highest BCUT2D eigenvalue weighted by molar-refractivity contribution is 6.28. The minimum atomic E-state index is -2.29. The van der Waals surface area contributed by atoms with Crippen LogP contribution in [0.25, 0.3) is 0 Å². The Labute approximate surface area is 204 Å². The molecule has 0 saturated carbocycles. The first-order chi connectivity index (χ1) is 17.0. The molecule has 0 aromatic carbocycles. The van der Waals surface area contributed by atoms with Gasteiger partial charge in [0.25, 0.3) is 0 Å². The standard InChI is InChI=1S/C25H32N6O4/c1-2-35-24(34)25(23(26)33,18-6-4-11-27-15-18)21(32)20(31-14-13-28-16-31)10-9-19-8-7-17-5-3-12-29-22(17)30-19/h4,6-8,11,15,20,28H,2-3,5,9-10,12-14,16H2,1H3,(H2,26,33)(H,29,30)/t20?,25-/m0/s1. The van der Waals surface area contributed by atoms with Crippen LogP contribution in [-0.4, -0.2) is 71.5 Å². The number of nitrogens with zero attached hydrogens (tertiary/aromatic N) is 3. The van der Waals surface area contributed by atoms with Crippen LogP contribution in [0.5, 0.6) is 0 Å². The Morgan fingerprint density at radius 2 is 2.11 bits per heavy atom. The van der Waals surface area contributed by atoms with E-state index in [9.17, 15) is 14.4 Å². The van der Waals surface area contributed by atoms with Gasteiger partial charge in [-0.1, -0.05) is 12.1 Å². The van der Waals surface area contributed by atoms with Crippen molar-refractivity contribution >= 4 is 23.5 Å². The van der Waals surface area contributed by atoms with Gasteiger partial charge in [0.1, 0.15) is 5.82 Å². The average molecular weight is 481 g/mol. The first-order valence-electron chi connectivity index (χ1n) is 12.1. The number of esters is 1. The highest BCUT2D eigenvalue weighted by Crippen LogP contribution is 2.31. The number of nitrogens with two attached hydrogens (primary N) is 1. The number of Topliss-reactive ketones (excluding diaryl/α,β-unsaturated/α-hetero) is 1. The number of hydrogen-bond donors (Lipinski definition) is 3. The molecule has 1 fully saturated rings. The molecule has 2 aliphatic rings.